The average Bonchev–Trinajstić information content (AvgIpc) is 3.06. The fourth-order valence-electron chi connectivity index (χ4n) is 2.93. The standard InChI is InChI=1S/C14H20N2O3S/c17-13(18)10-2-1-3-11-12(10)16-14(20-11)15-6-4-9-5-7-19-8-9/h9-10H,1-8H2,(H,15,16)(H,17,18). The minimum Gasteiger partial charge on any atom is -0.481 e. The van der Waals surface area contributed by atoms with Crippen molar-refractivity contribution in [2.75, 3.05) is 25.1 Å². The van der Waals surface area contributed by atoms with Gasteiger partial charge in [-0.1, -0.05) is 0 Å². The number of anilines is 1. The van der Waals surface area contributed by atoms with E-state index in [4.69, 9.17) is 4.74 Å². The number of hydrogen-bond acceptors (Lipinski definition) is 5. The second kappa shape index (κ2) is 6.10. The van der Waals surface area contributed by atoms with Crippen LogP contribution in [0.1, 0.15) is 42.2 Å². The first-order valence-corrected chi connectivity index (χ1v) is 8.09. The summed E-state index contributed by atoms with van der Waals surface area (Å²) in [6.45, 7) is 2.64. The number of hydrogen-bond donors (Lipinski definition) is 2. The maximum Gasteiger partial charge on any atom is 0.312 e. The first-order valence-electron chi connectivity index (χ1n) is 7.28. The second-order valence-corrected chi connectivity index (χ2v) is 6.64. The van der Waals surface area contributed by atoms with E-state index < -0.39 is 11.9 Å². The van der Waals surface area contributed by atoms with E-state index >= 15 is 0 Å². The van der Waals surface area contributed by atoms with Crippen LogP contribution in [0.4, 0.5) is 5.13 Å². The molecule has 2 atom stereocenters. The van der Waals surface area contributed by atoms with Crippen LogP contribution in [0.25, 0.3) is 0 Å². The van der Waals surface area contributed by atoms with Gasteiger partial charge in [0.25, 0.3) is 0 Å². The van der Waals surface area contributed by atoms with Crippen molar-refractivity contribution in [1.29, 1.82) is 0 Å². The molecule has 0 amide bonds. The number of aryl methyl sites for hydroxylation is 1. The number of rotatable bonds is 5. The molecule has 3 rings (SSSR count). The summed E-state index contributed by atoms with van der Waals surface area (Å²) in [6.07, 6.45) is 4.87. The molecular formula is C14H20N2O3S. The van der Waals surface area contributed by atoms with Gasteiger partial charge in [-0.25, -0.2) is 4.98 Å². The Morgan fingerprint density at radius 3 is 3.15 bits per heavy atom. The van der Waals surface area contributed by atoms with Crippen LogP contribution in [0, 0.1) is 5.92 Å². The Labute approximate surface area is 122 Å². The van der Waals surface area contributed by atoms with Crippen molar-refractivity contribution >= 4 is 22.4 Å². The van der Waals surface area contributed by atoms with E-state index in [-0.39, 0.29) is 0 Å². The van der Waals surface area contributed by atoms with E-state index in [1.165, 1.54) is 0 Å². The molecule has 1 aliphatic heterocycles. The number of carbonyl (C=O) groups is 1. The number of fused-ring (bicyclic) bond motifs is 1. The van der Waals surface area contributed by atoms with E-state index in [0.29, 0.717) is 12.3 Å². The van der Waals surface area contributed by atoms with Gasteiger partial charge in [-0.2, -0.15) is 0 Å². The van der Waals surface area contributed by atoms with Gasteiger partial charge in [0.15, 0.2) is 5.13 Å². The predicted octanol–water partition coefficient (Wildman–Crippen LogP) is 2.49. The largest absolute Gasteiger partial charge is 0.481 e. The number of nitrogens with one attached hydrogen (secondary N) is 1. The van der Waals surface area contributed by atoms with E-state index in [1.807, 2.05) is 0 Å². The van der Waals surface area contributed by atoms with Crippen LogP contribution in [0.2, 0.25) is 0 Å². The third kappa shape index (κ3) is 2.96. The molecule has 0 spiro atoms. The van der Waals surface area contributed by atoms with Crippen LogP contribution >= 0.6 is 11.3 Å². The van der Waals surface area contributed by atoms with Crippen molar-refractivity contribution in [2.24, 2.45) is 5.92 Å². The highest BCUT2D eigenvalue weighted by Gasteiger charge is 2.29. The Morgan fingerprint density at radius 2 is 2.40 bits per heavy atom. The van der Waals surface area contributed by atoms with Crippen LogP contribution in [0.3, 0.4) is 0 Å². The molecule has 110 valence electrons. The quantitative estimate of drug-likeness (QED) is 0.873. The van der Waals surface area contributed by atoms with Crippen molar-refractivity contribution in [1.82, 2.24) is 4.98 Å². The number of aromatic nitrogens is 1. The molecule has 20 heavy (non-hydrogen) atoms. The van der Waals surface area contributed by atoms with Crippen LogP contribution in [0.5, 0.6) is 0 Å². The minimum absolute atomic E-state index is 0.409. The van der Waals surface area contributed by atoms with Gasteiger partial charge < -0.3 is 15.2 Å². The third-order valence-electron chi connectivity index (χ3n) is 4.11. The number of nitrogens with zero attached hydrogens (tertiary/aromatic N) is 1. The molecule has 2 N–H and O–H groups in total. The van der Waals surface area contributed by atoms with Gasteiger partial charge in [-0.15, -0.1) is 11.3 Å². The summed E-state index contributed by atoms with van der Waals surface area (Å²) in [5.41, 5.74) is 0.792. The smallest absolute Gasteiger partial charge is 0.312 e. The fraction of sp³-hybridized carbons (Fsp3) is 0.714. The Kier molecular flexibility index (Phi) is 4.21. The molecule has 1 aliphatic carbocycles. The summed E-state index contributed by atoms with van der Waals surface area (Å²) < 4.78 is 5.36. The predicted molar refractivity (Wildman–Crippen MR) is 77.5 cm³/mol. The summed E-state index contributed by atoms with van der Waals surface area (Å²) in [5, 5.41) is 13.5. The van der Waals surface area contributed by atoms with Crippen LogP contribution < -0.4 is 5.32 Å². The SMILES string of the molecule is O=C(O)C1CCCc2sc(NCCC3CCOC3)nc21. The highest BCUT2D eigenvalue weighted by Crippen LogP contribution is 2.36. The summed E-state index contributed by atoms with van der Waals surface area (Å²) in [4.78, 5) is 16.9. The first kappa shape index (κ1) is 13.8. The molecule has 1 fully saturated rings. The van der Waals surface area contributed by atoms with Gasteiger partial charge in [0.05, 0.1) is 5.69 Å². The summed E-state index contributed by atoms with van der Waals surface area (Å²) in [7, 11) is 0. The van der Waals surface area contributed by atoms with Crippen molar-refractivity contribution in [3.8, 4) is 0 Å². The molecule has 1 aromatic rings. The van der Waals surface area contributed by atoms with Crippen molar-refractivity contribution < 1.29 is 14.6 Å². The Hall–Kier alpha value is -1.14. The molecule has 5 nitrogen and oxygen atoms in total. The molecule has 0 aromatic carbocycles. The summed E-state index contributed by atoms with van der Waals surface area (Å²) >= 11 is 1.62. The van der Waals surface area contributed by atoms with E-state index in [1.54, 1.807) is 11.3 Å². The lowest BCUT2D eigenvalue weighted by Crippen LogP contribution is -2.17. The van der Waals surface area contributed by atoms with Gasteiger partial charge in [-0.3, -0.25) is 4.79 Å². The maximum absolute atomic E-state index is 11.2. The zero-order valence-corrected chi connectivity index (χ0v) is 12.2. The van der Waals surface area contributed by atoms with Gasteiger partial charge in [-0.05, 0) is 38.0 Å². The topological polar surface area (TPSA) is 71.5 Å². The molecule has 1 saturated heterocycles. The normalized spacial score (nSPS) is 25.4. The zero-order valence-electron chi connectivity index (χ0n) is 11.4. The van der Waals surface area contributed by atoms with Gasteiger partial charge in [0.2, 0.25) is 0 Å². The maximum atomic E-state index is 11.2. The first-order chi connectivity index (χ1) is 9.74. The van der Waals surface area contributed by atoms with Crippen LogP contribution in [-0.4, -0.2) is 35.8 Å². The van der Waals surface area contributed by atoms with Crippen molar-refractivity contribution in [3.63, 3.8) is 0 Å². The number of aliphatic carboxylic acids is 1. The molecule has 2 unspecified atom stereocenters. The molecule has 6 heteroatoms. The molecule has 0 saturated carbocycles. The average molecular weight is 296 g/mol. The van der Waals surface area contributed by atoms with Crippen LogP contribution in [0.15, 0.2) is 0 Å². The highest BCUT2D eigenvalue weighted by molar-refractivity contribution is 7.15. The Morgan fingerprint density at radius 1 is 1.50 bits per heavy atom. The van der Waals surface area contributed by atoms with E-state index in [9.17, 15) is 9.90 Å². The molecule has 0 bridgehead atoms. The van der Waals surface area contributed by atoms with Gasteiger partial charge in [0, 0.05) is 24.6 Å². The Bertz CT molecular complexity index is 483. The van der Waals surface area contributed by atoms with Crippen molar-refractivity contribution in [3.05, 3.63) is 10.6 Å². The Balaban J connectivity index is 1.59. The van der Waals surface area contributed by atoms with Gasteiger partial charge in [0.1, 0.15) is 5.92 Å². The lowest BCUT2D eigenvalue weighted by atomic mass is 9.91. The molecule has 2 aliphatic rings. The summed E-state index contributed by atoms with van der Waals surface area (Å²) in [5.74, 6) is -0.497. The highest BCUT2D eigenvalue weighted by atomic mass is 32.1. The number of carboxylic acids is 1. The molecular weight excluding hydrogens is 276 g/mol. The minimum atomic E-state index is -0.745. The van der Waals surface area contributed by atoms with Crippen molar-refractivity contribution in [2.45, 2.75) is 38.0 Å². The number of carboxylic acid groups (broad SMARTS) is 1. The van der Waals surface area contributed by atoms with E-state index in [2.05, 4.69) is 10.3 Å². The monoisotopic (exact) mass is 296 g/mol. The number of thiazole rings is 1. The molecule has 1 aromatic heterocycles. The molecule has 0 radical (unpaired) electrons. The zero-order chi connectivity index (χ0) is 13.9. The molecule has 2 heterocycles. The summed E-state index contributed by atoms with van der Waals surface area (Å²) in [6, 6.07) is 0. The third-order valence-corrected chi connectivity index (χ3v) is 5.19. The van der Waals surface area contributed by atoms with Gasteiger partial charge >= 0.3 is 5.97 Å². The lowest BCUT2D eigenvalue weighted by Gasteiger charge is -2.16. The fourth-order valence-corrected chi connectivity index (χ4v) is 4.02. The number of ether oxygens (including phenoxy) is 1. The lowest BCUT2D eigenvalue weighted by molar-refractivity contribution is -0.139. The van der Waals surface area contributed by atoms with Crippen LogP contribution in [-0.2, 0) is 16.0 Å². The second-order valence-electron chi connectivity index (χ2n) is 5.56. The van der Waals surface area contributed by atoms with E-state index in [0.717, 1.165) is 61.1 Å².